The second kappa shape index (κ2) is 9.91. The van der Waals surface area contributed by atoms with Gasteiger partial charge in [-0.05, 0) is 37.4 Å². The number of ether oxygens (including phenoxy) is 1. The van der Waals surface area contributed by atoms with Crippen LogP contribution < -0.4 is 10.1 Å². The quantitative estimate of drug-likeness (QED) is 0.775. The van der Waals surface area contributed by atoms with Crippen LogP contribution in [0, 0.1) is 5.41 Å². The molecule has 2 atom stereocenters. The van der Waals surface area contributed by atoms with Crippen molar-refractivity contribution < 1.29 is 24.2 Å². The molecule has 2 unspecified atom stereocenters. The molecule has 1 aliphatic rings. The number of hydrogen-bond donors (Lipinski definition) is 2. The molecule has 0 aliphatic carbocycles. The lowest BCUT2D eigenvalue weighted by atomic mass is 9.86. The number of amides is 1. The number of carboxylic acid groups (broad SMARTS) is 1. The number of para-hydroxylation sites is 1. The summed E-state index contributed by atoms with van der Waals surface area (Å²) in [7, 11) is 1.74. The van der Waals surface area contributed by atoms with Gasteiger partial charge in [-0.1, -0.05) is 39.0 Å². The monoisotopic (exact) mass is 364 g/mol. The third-order valence-electron chi connectivity index (χ3n) is 4.15. The van der Waals surface area contributed by atoms with Crippen LogP contribution in [0.1, 0.15) is 33.6 Å². The fraction of sp³-hybridized carbons (Fsp3) is 0.526. The fourth-order valence-corrected chi connectivity index (χ4v) is 2.93. The number of nitrogens with one attached hydrogen (secondary N) is 1. The van der Waals surface area contributed by atoms with E-state index in [-0.39, 0.29) is 17.4 Å². The number of benzene rings is 1. The van der Waals surface area contributed by atoms with Gasteiger partial charge in [0.2, 0.25) is 5.91 Å². The summed E-state index contributed by atoms with van der Waals surface area (Å²) in [6, 6.07) is 7.90. The number of carboxylic acids is 1. The maximum atomic E-state index is 12.3. The maximum absolute atomic E-state index is 12.3. The van der Waals surface area contributed by atoms with Gasteiger partial charge in [0.05, 0.1) is 6.04 Å². The SMILES string of the molecule is CNC(C(=O)N1CCCC1C(=O)O)C(C)(C)C.O=COc1ccccc1. The number of likely N-dealkylation sites (tertiary alicyclic amines) is 1. The van der Waals surface area contributed by atoms with Crippen molar-refractivity contribution in [1.29, 1.82) is 0 Å². The number of carbonyl (C=O) groups is 3. The summed E-state index contributed by atoms with van der Waals surface area (Å²) >= 11 is 0. The Hall–Kier alpha value is -2.41. The van der Waals surface area contributed by atoms with Crippen LogP contribution in [0.5, 0.6) is 5.75 Å². The van der Waals surface area contributed by atoms with Crippen LogP contribution in [0.4, 0.5) is 0 Å². The average molecular weight is 364 g/mol. The number of aliphatic carboxylic acids is 1. The van der Waals surface area contributed by atoms with Gasteiger partial charge in [-0.2, -0.15) is 0 Å². The summed E-state index contributed by atoms with van der Waals surface area (Å²) in [6.07, 6.45) is 1.32. The van der Waals surface area contributed by atoms with Crippen molar-refractivity contribution in [1.82, 2.24) is 10.2 Å². The molecule has 144 valence electrons. The van der Waals surface area contributed by atoms with Crippen LogP contribution in [-0.4, -0.2) is 54.0 Å². The third-order valence-corrected chi connectivity index (χ3v) is 4.15. The third kappa shape index (κ3) is 6.15. The number of likely N-dealkylation sites (N-methyl/N-ethyl adjacent to an activating group) is 1. The average Bonchev–Trinajstić information content (AvgIpc) is 3.06. The lowest BCUT2D eigenvalue weighted by Crippen LogP contribution is -2.54. The Morgan fingerprint density at radius 1 is 1.31 bits per heavy atom. The van der Waals surface area contributed by atoms with Crippen molar-refractivity contribution in [2.24, 2.45) is 5.41 Å². The van der Waals surface area contributed by atoms with E-state index in [1.54, 1.807) is 31.3 Å². The van der Waals surface area contributed by atoms with Crippen molar-refractivity contribution in [3.05, 3.63) is 30.3 Å². The van der Waals surface area contributed by atoms with E-state index in [1.165, 1.54) is 4.90 Å². The first kappa shape index (κ1) is 21.6. The molecule has 0 saturated carbocycles. The highest BCUT2D eigenvalue weighted by Gasteiger charge is 2.40. The van der Waals surface area contributed by atoms with Gasteiger partial charge in [-0.25, -0.2) is 4.79 Å². The summed E-state index contributed by atoms with van der Waals surface area (Å²) in [4.78, 5) is 34.6. The molecule has 1 saturated heterocycles. The normalized spacial score (nSPS) is 17.7. The van der Waals surface area contributed by atoms with Gasteiger partial charge in [0.25, 0.3) is 6.47 Å². The van der Waals surface area contributed by atoms with Gasteiger partial charge < -0.3 is 20.1 Å². The predicted molar refractivity (Wildman–Crippen MR) is 97.8 cm³/mol. The van der Waals surface area contributed by atoms with E-state index in [0.29, 0.717) is 25.2 Å². The van der Waals surface area contributed by atoms with E-state index in [1.807, 2.05) is 26.8 Å². The first-order valence-corrected chi connectivity index (χ1v) is 8.58. The Bertz CT molecular complexity index is 598. The van der Waals surface area contributed by atoms with E-state index < -0.39 is 12.0 Å². The molecule has 0 radical (unpaired) electrons. The summed E-state index contributed by atoms with van der Waals surface area (Å²) < 4.78 is 4.53. The molecular weight excluding hydrogens is 336 g/mol. The predicted octanol–water partition coefficient (Wildman–Crippen LogP) is 1.92. The van der Waals surface area contributed by atoms with Crippen LogP contribution in [0.3, 0.4) is 0 Å². The molecule has 1 heterocycles. The maximum Gasteiger partial charge on any atom is 0.326 e. The van der Waals surface area contributed by atoms with Crippen molar-refractivity contribution in [2.75, 3.05) is 13.6 Å². The zero-order valence-corrected chi connectivity index (χ0v) is 15.8. The zero-order valence-electron chi connectivity index (χ0n) is 15.8. The molecule has 1 fully saturated rings. The second-order valence-electron chi connectivity index (χ2n) is 7.14. The fourth-order valence-electron chi connectivity index (χ4n) is 2.93. The van der Waals surface area contributed by atoms with E-state index in [9.17, 15) is 14.4 Å². The van der Waals surface area contributed by atoms with E-state index >= 15 is 0 Å². The van der Waals surface area contributed by atoms with Crippen molar-refractivity contribution in [3.8, 4) is 5.75 Å². The number of hydrogen-bond acceptors (Lipinski definition) is 5. The molecule has 0 bridgehead atoms. The van der Waals surface area contributed by atoms with Crippen LogP contribution >= 0.6 is 0 Å². The second-order valence-corrected chi connectivity index (χ2v) is 7.14. The Morgan fingerprint density at radius 3 is 2.38 bits per heavy atom. The molecule has 2 N–H and O–H groups in total. The van der Waals surface area contributed by atoms with Gasteiger partial charge in [0.1, 0.15) is 11.8 Å². The van der Waals surface area contributed by atoms with Gasteiger partial charge >= 0.3 is 5.97 Å². The Kier molecular flexibility index (Phi) is 8.25. The Labute approximate surface area is 154 Å². The smallest absolute Gasteiger partial charge is 0.326 e. The summed E-state index contributed by atoms with van der Waals surface area (Å²) in [5.41, 5.74) is -0.225. The largest absolute Gasteiger partial charge is 0.480 e. The molecule has 1 aromatic rings. The van der Waals surface area contributed by atoms with Crippen LogP contribution in [0.2, 0.25) is 0 Å². The van der Waals surface area contributed by atoms with E-state index in [4.69, 9.17) is 5.11 Å². The number of nitrogens with zero attached hydrogens (tertiary/aromatic N) is 1. The number of carbonyl (C=O) groups excluding carboxylic acids is 2. The minimum atomic E-state index is -0.903. The van der Waals surface area contributed by atoms with Crippen LogP contribution in [-0.2, 0) is 14.4 Å². The number of rotatable bonds is 5. The van der Waals surface area contributed by atoms with Crippen molar-refractivity contribution in [3.63, 3.8) is 0 Å². The molecule has 26 heavy (non-hydrogen) atoms. The lowest BCUT2D eigenvalue weighted by Gasteiger charge is -2.34. The lowest BCUT2D eigenvalue weighted by molar-refractivity contribution is -0.150. The summed E-state index contributed by atoms with van der Waals surface area (Å²) in [5.74, 6) is -0.433. The molecule has 7 nitrogen and oxygen atoms in total. The standard InChI is InChI=1S/C12H22N2O3.C7H6O2/c1-12(2,3)9(13-4)10(15)14-7-5-6-8(14)11(16)17;8-6-9-7-4-2-1-3-5-7/h8-9,13H,5-7H2,1-4H3,(H,16,17);1-6H. The first-order valence-electron chi connectivity index (χ1n) is 8.58. The first-order chi connectivity index (χ1) is 12.2. The minimum absolute atomic E-state index is 0.107. The molecule has 1 aromatic carbocycles. The summed E-state index contributed by atoms with van der Waals surface area (Å²) in [5, 5.41) is 12.1. The Morgan fingerprint density at radius 2 is 1.92 bits per heavy atom. The zero-order chi connectivity index (χ0) is 19.7. The molecule has 7 heteroatoms. The van der Waals surface area contributed by atoms with Crippen LogP contribution in [0.15, 0.2) is 30.3 Å². The minimum Gasteiger partial charge on any atom is -0.480 e. The molecule has 0 aromatic heterocycles. The van der Waals surface area contributed by atoms with Crippen molar-refractivity contribution in [2.45, 2.75) is 45.7 Å². The highest BCUT2D eigenvalue weighted by atomic mass is 16.5. The molecular formula is C19H28N2O5. The van der Waals surface area contributed by atoms with Gasteiger partial charge in [0, 0.05) is 6.54 Å². The molecule has 0 spiro atoms. The van der Waals surface area contributed by atoms with E-state index in [2.05, 4.69) is 10.1 Å². The summed E-state index contributed by atoms with van der Waals surface area (Å²) in [6.45, 7) is 6.87. The highest BCUT2D eigenvalue weighted by molar-refractivity contribution is 5.88. The van der Waals surface area contributed by atoms with E-state index in [0.717, 1.165) is 6.42 Å². The molecule has 1 amide bonds. The van der Waals surface area contributed by atoms with Gasteiger partial charge in [0.15, 0.2) is 0 Å². The topological polar surface area (TPSA) is 95.9 Å². The van der Waals surface area contributed by atoms with Crippen molar-refractivity contribution >= 4 is 18.3 Å². The van der Waals surface area contributed by atoms with Gasteiger partial charge in [-0.3, -0.25) is 9.59 Å². The van der Waals surface area contributed by atoms with Crippen LogP contribution in [0.25, 0.3) is 0 Å². The Balaban J connectivity index is 0.000000314. The van der Waals surface area contributed by atoms with Gasteiger partial charge in [-0.15, -0.1) is 0 Å². The molecule has 1 aliphatic heterocycles. The molecule has 2 rings (SSSR count). The highest BCUT2D eigenvalue weighted by Crippen LogP contribution is 2.25.